The first-order valence-corrected chi connectivity index (χ1v) is 10.1. The summed E-state index contributed by atoms with van der Waals surface area (Å²) in [6, 6.07) is 6.50. The van der Waals surface area contributed by atoms with E-state index in [0.717, 1.165) is 31.7 Å². The summed E-state index contributed by atoms with van der Waals surface area (Å²) in [5, 5.41) is 10.1. The molecule has 2 bridgehead atoms. The first-order valence-electron chi connectivity index (χ1n) is 10.1. The zero-order valence-corrected chi connectivity index (χ0v) is 15.2. The number of hydrogen-bond donors (Lipinski definition) is 1. The van der Waals surface area contributed by atoms with Gasteiger partial charge in [-0.3, -0.25) is 9.69 Å². The molecule has 0 aromatic heterocycles. The second kappa shape index (κ2) is 5.57. The van der Waals surface area contributed by atoms with Crippen molar-refractivity contribution in [3.63, 3.8) is 0 Å². The van der Waals surface area contributed by atoms with Crippen LogP contribution in [0.15, 0.2) is 18.2 Å². The molecular formula is C22H29NO2. The topological polar surface area (TPSA) is 40.5 Å². The predicted molar refractivity (Wildman–Crippen MR) is 97.7 cm³/mol. The highest BCUT2D eigenvalue weighted by molar-refractivity contribution is 5.82. The Morgan fingerprint density at radius 3 is 2.88 bits per heavy atom. The van der Waals surface area contributed by atoms with Crippen molar-refractivity contribution in [3.05, 3.63) is 29.3 Å². The van der Waals surface area contributed by atoms with E-state index in [1.165, 1.54) is 36.9 Å². The molecule has 134 valence electrons. The molecule has 25 heavy (non-hydrogen) atoms. The van der Waals surface area contributed by atoms with E-state index in [9.17, 15) is 9.90 Å². The predicted octanol–water partition coefficient (Wildman–Crippen LogP) is 3.68. The molecule has 4 atom stereocenters. The molecular weight excluding hydrogens is 310 g/mol. The van der Waals surface area contributed by atoms with E-state index < -0.39 is 0 Å². The highest BCUT2D eigenvalue weighted by Crippen LogP contribution is 2.57. The Balaban J connectivity index is 1.59. The van der Waals surface area contributed by atoms with Crippen molar-refractivity contribution in [1.29, 1.82) is 0 Å². The first-order chi connectivity index (χ1) is 12.1. The van der Waals surface area contributed by atoms with Crippen LogP contribution in [0.25, 0.3) is 0 Å². The number of fused-ring (bicyclic) bond motifs is 1. The molecule has 2 saturated carbocycles. The van der Waals surface area contributed by atoms with Gasteiger partial charge in [-0.2, -0.15) is 0 Å². The van der Waals surface area contributed by atoms with E-state index >= 15 is 0 Å². The summed E-state index contributed by atoms with van der Waals surface area (Å²) in [5.41, 5.74) is 2.64. The first kappa shape index (κ1) is 15.9. The lowest BCUT2D eigenvalue weighted by atomic mass is 9.49. The van der Waals surface area contributed by atoms with Gasteiger partial charge in [0.05, 0.1) is 0 Å². The van der Waals surface area contributed by atoms with Crippen molar-refractivity contribution in [1.82, 2.24) is 4.90 Å². The smallest absolute Gasteiger partial charge is 0.134 e. The van der Waals surface area contributed by atoms with Crippen LogP contribution in [-0.2, 0) is 16.6 Å². The Bertz CT molecular complexity index is 710. The normalized spacial score (nSPS) is 38.0. The summed E-state index contributed by atoms with van der Waals surface area (Å²) >= 11 is 0. The third-order valence-electron chi connectivity index (χ3n) is 7.82. The molecule has 1 heterocycles. The third-order valence-corrected chi connectivity index (χ3v) is 7.82. The van der Waals surface area contributed by atoms with Gasteiger partial charge in [-0.05, 0) is 73.2 Å². The number of piperidine rings is 1. The number of likely N-dealkylation sites (tertiary alicyclic amines) is 1. The van der Waals surface area contributed by atoms with Gasteiger partial charge in [-0.15, -0.1) is 0 Å². The molecule has 5 rings (SSSR count). The number of Topliss-reactive ketones (excluding diaryl/α,β-unsaturated/α-hetero) is 1. The van der Waals surface area contributed by atoms with Crippen molar-refractivity contribution in [2.24, 2.45) is 17.8 Å². The third kappa shape index (κ3) is 2.31. The number of phenolic OH excluding ortho intramolecular Hbond substituents is 1. The molecule has 0 spiro atoms. The van der Waals surface area contributed by atoms with Crippen molar-refractivity contribution >= 4 is 5.78 Å². The minimum absolute atomic E-state index is 0.0259. The van der Waals surface area contributed by atoms with E-state index in [1.54, 1.807) is 0 Å². The highest BCUT2D eigenvalue weighted by atomic mass is 16.3. The lowest BCUT2D eigenvalue weighted by Crippen LogP contribution is -2.64. The molecule has 3 fully saturated rings. The number of carbonyl (C=O) groups excluding carboxylic acids is 1. The number of rotatable bonds is 2. The molecule has 1 unspecified atom stereocenters. The number of nitrogens with zero attached hydrogens (tertiary/aromatic N) is 1. The molecule has 3 heteroatoms. The van der Waals surface area contributed by atoms with Gasteiger partial charge in [0.1, 0.15) is 11.5 Å². The second-order valence-electron chi connectivity index (χ2n) is 9.23. The number of aromatic hydroxyl groups is 1. The Hall–Kier alpha value is -1.35. The molecule has 3 aliphatic carbocycles. The van der Waals surface area contributed by atoms with Crippen LogP contribution in [0.3, 0.4) is 0 Å². The summed E-state index contributed by atoms with van der Waals surface area (Å²) in [5.74, 6) is 2.69. The fourth-order valence-electron chi connectivity index (χ4n) is 6.64. The molecule has 1 aliphatic heterocycles. The lowest BCUT2D eigenvalue weighted by molar-refractivity contribution is -0.131. The van der Waals surface area contributed by atoms with Gasteiger partial charge in [0, 0.05) is 30.8 Å². The molecule has 4 aliphatic rings. The van der Waals surface area contributed by atoms with E-state index in [4.69, 9.17) is 0 Å². The van der Waals surface area contributed by atoms with Crippen LogP contribution in [0.4, 0.5) is 0 Å². The van der Waals surface area contributed by atoms with Crippen LogP contribution in [-0.4, -0.2) is 34.9 Å². The van der Waals surface area contributed by atoms with Crippen molar-refractivity contribution in [3.8, 4) is 5.75 Å². The van der Waals surface area contributed by atoms with Crippen LogP contribution in [0.1, 0.15) is 56.6 Å². The zero-order chi connectivity index (χ0) is 17.2. The van der Waals surface area contributed by atoms with Gasteiger partial charge in [0.25, 0.3) is 0 Å². The number of phenols is 1. The maximum atomic E-state index is 12.6. The molecule has 0 amide bonds. The van der Waals surface area contributed by atoms with Crippen LogP contribution in [0.5, 0.6) is 5.75 Å². The SMILES string of the molecule is CC1CC(=O)C[C@]23CCN(CC4CCC4)[C@H](Cc4ccc(O)cc42)[C@H]13. The summed E-state index contributed by atoms with van der Waals surface area (Å²) in [6.07, 6.45) is 7.81. The van der Waals surface area contributed by atoms with Gasteiger partial charge in [0.2, 0.25) is 0 Å². The van der Waals surface area contributed by atoms with Crippen molar-refractivity contribution in [2.75, 3.05) is 13.1 Å². The number of ketones is 1. The average molecular weight is 339 g/mol. The van der Waals surface area contributed by atoms with Crippen LogP contribution >= 0.6 is 0 Å². The van der Waals surface area contributed by atoms with Crippen LogP contribution in [0, 0.1) is 17.8 Å². The maximum Gasteiger partial charge on any atom is 0.134 e. The van der Waals surface area contributed by atoms with Gasteiger partial charge < -0.3 is 5.11 Å². The summed E-state index contributed by atoms with van der Waals surface area (Å²) in [7, 11) is 0. The zero-order valence-electron chi connectivity index (χ0n) is 15.2. The van der Waals surface area contributed by atoms with Gasteiger partial charge >= 0.3 is 0 Å². The monoisotopic (exact) mass is 339 g/mol. The molecule has 1 aromatic carbocycles. The van der Waals surface area contributed by atoms with E-state index in [-0.39, 0.29) is 5.41 Å². The lowest BCUT2D eigenvalue weighted by Gasteiger charge is -2.61. The minimum atomic E-state index is -0.0259. The number of hydrogen-bond acceptors (Lipinski definition) is 3. The second-order valence-corrected chi connectivity index (χ2v) is 9.23. The fourth-order valence-corrected chi connectivity index (χ4v) is 6.64. The summed E-state index contributed by atoms with van der Waals surface area (Å²) in [4.78, 5) is 15.3. The van der Waals surface area contributed by atoms with Crippen molar-refractivity contribution < 1.29 is 9.90 Å². The summed E-state index contributed by atoms with van der Waals surface area (Å²) < 4.78 is 0. The number of benzene rings is 1. The van der Waals surface area contributed by atoms with Crippen molar-refractivity contribution in [2.45, 2.75) is 63.3 Å². The van der Waals surface area contributed by atoms with E-state index in [0.29, 0.717) is 35.8 Å². The van der Waals surface area contributed by atoms with Crippen LogP contribution < -0.4 is 0 Å². The molecule has 3 nitrogen and oxygen atoms in total. The fraction of sp³-hybridized carbons (Fsp3) is 0.682. The maximum absolute atomic E-state index is 12.6. The average Bonchev–Trinajstić information content (AvgIpc) is 2.52. The van der Waals surface area contributed by atoms with Gasteiger partial charge in [-0.25, -0.2) is 0 Å². The molecule has 1 aromatic rings. The standard InChI is InChI=1S/C22H29NO2/c1-14-9-18(25)12-22-7-8-23(13-15-3-2-4-15)20(21(14)22)10-16-5-6-17(24)11-19(16)22/h5-6,11,14-15,20-21,24H,2-4,7-10,12-13H2,1H3/t14?,20-,21+,22-/m1/s1. The summed E-state index contributed by atoms with van der Waals surface area (Å²) in [6.45, 7) is 4.67. The quantitative estimate of drug-likeness (QED) is 0.894. The molecule has 1 saturated heterocycles. The molecule has 1 N–H and O–H groups in total. The minimum Gasteiger partial charge on any atom is -0.508 e. The van der Waals surface area contributed by atoms with E-state index in [2.05, 4.69) is 17.9 Å². The number of carbonyl (C=O) groups is 1. The highest BCUT2D eigenvalue weighted by Gasteiger charge is 2.57. The largest absolute Gasteiger partial charge is 0.508 e. The van der Waals surface area contributed by atoms with Gasteiger partial charge in [0.15, 0.2) is 0 Å². The Morgan fingerprint density at radius 2 is 2.12 bits per heavy atom. The molecule has 0 radical (unpaired) electrons. The Kier molecular flexibility index (Phi) is 3.54. The van der Waals surface area contributed by atoms with E-state index in [1.807, 2.05) is 12.1 Å². The Labute approximate surface area is 150 Å². The van der Waals surface area contributed by atoms with Gasteiger partial charge in [-0.1, -0.05) is 19.4 Å². The Morgan fingerprint density at radius 1 is 1.28 bits per heavy atom. The van der Waals surface area contributed by atoms with Crippen LogP contribution in [0.2, 0.25) is 0 Å².